The third kappa shape index (κ3) is 43.8. The van der Waals surface area contributed by atoms with E-state index in [2.05, 4.69) is 112 Å². The summed E-state index contributed by atoms with van der Waals surface area (Å²) in [6.45, 7) is 5.70. The second-order valence-corrected chi connectivity index (χ2v) is 20.6. The van der Waals surface area contributed by atoms with E-state index in [0.29, 0.717) is 25.7 Å². The van der Waals surface area contributed by atoms with Gasteiger partial charge in [-0.15, -0.1) is 0 Å². The number of unbranched alkanes of at least 4 members (excludes halogenated alkanes) is 19. The standard InChI is InChI=1S/C67H108O12/c1-4-7-10-13-16-19-22-25-27-29-30-32-33-36-38-41-44-47-50-53-59(68)75-56-58(77-60(69)54-51-48-45-42-40-37-34-31-28-26-23-20-17-14-11-8-5-2)57-76-67-65(63(72)62(71)64(79-67)66(73)74)78-61(70)55-52-49-46-43-39-35-24-21-18-15-12-9-6-3/h8-9,11-12,16-21,25-28,35,39,46,49,58,62-65,67,71-72H,4-7,10,13-15,22-24,29-34,36-38,40-45,47-48,50-57H2,1-3H3,(H,73,74)/b11-8-,12-9-,19-16-,20-17-,21-18-,27-25-,28-26-,39-35-,49-46-. The predicted molar refractivity (Wildman–Crippen MR) is 321 cm³/mol. The van der Waals surface area contributed by atoms with Crippen LogP contribution in [0.1, 0.15) is 239 Å². The second-order valence-electron chi connectivity index (χ2n) is 20.6. The number of rotatable bonds is 51. The van der Waals surface area contributed by atoms with Crippen molar-refractivity contribution in [3.05, 3.63) is 109 Å². The van der Waals surface area contributed by atoms with Crippen molar-refractivity contribution in [2.75, 3.05) is 13.2 Å². The lowest BCUT2D eigenvalue weighted by Gasteiger charge is -2.40. The molecule has 12 nitrogen and oxygen atoms in total. The van der Waals surface area contributed by atoms with Gasteiger partial charge in [-0.05, 0) is 109 Å². The summed E-state index contributed by atoms with van der Waals surface area (Å²) in [5.74, 6) is -3.25. The molecule has 0 aliphatic carbocycles. The minimum absolute atomic E-state index is 0.0667. The summed E-state index contributed by atoms with van der Waals surface area (Å²) in [6, 6.07) is 0. The SMILES string of the molecule is CC/C=C\C/C=C\C/C=C\C/C=C\CCC(=O)OC1C(OCC(COC(=O)CCCCCCCCCCC/C=C\C/C=C\CCCCC)OC(=O)CCCCCCCCC/C=C\C/C=C\C/C=C\CC)OC(C(=O)O)C(O)C1O. The molecule has 0 spiro atoms. The molecule has 1 heterocycles. The fourth-order valence-corrected chi connectivity index (χ4v) is 8.66. The number of aliphatic hydroxyl groups excluding tert-OH is 2. The zero-order chi connectivity index (χ0) is 57.5. The van der Waals surface area contributed by atoms with Crippen LogP contribution >= 0.6 is 0 Å². The minimum atomic E-state index is -1.93. The highest BCUT2D eigenvalue weighted by Crippen LogP contribution is 2.26. The maximum Gasteiger partial charge on any atom is 0.335 e. The Balaban J connectivity index is 2.71. The lowest BCUT2D eigenvalue weighted by atomic mass is 9.98. The van der Waals surface area contributed by atoms with Gasteiger partial charge in [0.2, 0.25) is 0 Å². The molecule has 1 fully saturated rings. The molecule has 6 unspecified atom stereocenters. The number of aliphatic carboxylic acids is 1. The maximum atomic E-state index is 13.2. The van der Waals surface area contributed by atoms with Gasteiger partial charge in [0.25, 0.3) is 0 Å². The molecule has 1 saturated heterocycles. The number of hydrogen-bond acceptors (Lipinski definition) is 11. The van der Waals surface area contributed by atoms with Crippen molar-refractivity contribution in [3.8, 4) is 0 Å². The Morgan fingerprint density at radius 3 is 1.27 bits per heavy atom. The average Bonchev–Trinajstić information content (AvgIpc) is 3.46. The largest absolute Gasteiger partial charge is 0.479 e. The highest BCUT2D eigenvalue weighted by atomic mass is 16.7. The number of allylic oxidation sites excluding steroid dienone is 18. The van der Waals surface area contributed by atoms with E-state index >= 15 is 0 Å². The minimum Gasteiger partial charge on any atom is -0.479 e. The van der Waals surface area contributed by atoms with Crippen molar-refractivity contribution in [2.24, 2.45) is 0 Å². The molecule has 0 amide bonds. The van der Waals surface area contributed by atoms with E-state index in [1.54, 1.807) is 0 Å². The van der Waals surface area contributed by atoms with Crippen molar-refractivity contribution in [1.82, 2.24) is 0 Å². The van der Waals surface area contributed by atoms with Crippen LogP contribution in [0.3, 0.4) is 0 Å². The predicted octanol–water partition coefficient (Wildman–Crippen LogP) is 16.2. The Kier molecular flexibility index (Phi) is 49.5. The Morgan fingerprint density at radius 1 is 0.430 bits per heavy atom. The van der Waals surface area contributed by atoms with Gasteiger partial charge in [-0.25, -0.2) is 4.79 Å². The molecule has 0 radical (unpaired) electrons. The first-order valence-electron chi connectivity index (χ1n) is 30.9. The summed E-state index contributed by atoms with van der Waals surface area (Å²) >= 11 is 0. The molecular weight excluding hydrogens is 997 g/mol. The molecule has 1 aliphatic rings. The Labute approximate surface area is 478 Å². The van der Waals surface area contributed by atoms with Crippen molar-refractivity contribution in [3.63, 3.8) is 0 Å². The summed E-state index contributed by atoms with van der Waals surface area (Å²) in [5, 5.41) is 31.5. The molecular formula is C67H108O12. The van der Waals surface area contributed by atoms with Crippen LogP contribution < -0.4 is 0 Å². The zero-order valence-electron chi connectivity index (χ0n) is 49.3. The van der Waals surface area contributed by atoms with Gasteiger partial charge >= 0.3 is 23.9 Å². The molecule has 79 heavy (non-hydrogen) atoms. The first-order chi connectivity index (χ1) is 38.6. The van der Waals surface area contributed by atoms with E-state index in [4.69, 9.17) is 23.7 Å². The van der Waals surface area contributed by atoms with Gasteiger partial charge in [-0.2, -0.15) is 0 Å². The molecule has 0 aromatic carbocycles. The van der Waals surface area contributed by atoms with Gasteiger partial charge in [0.15, 0.2) is 24.6 Å². The third-order valence-electron chi connectivity index (χ3n) is 13.3. The quantitative estimate of drug-likeness (QED) is 0.0228. The van der Waals surface area contributed by atoms with Crippen LogP contribution in [0.25, 0.3) is 0 Å². The molecule has 0 saturated carbocycles. The van der Waals surface area contributed by atoms with Crippen LogP contribution in [0.2, 0.25) is 0 Å². The smallest absolute Gasteiger partial charge is 0.335 e. The van der Waals surface area contributed by atoms with Crippen LogP contribution in [-0.4, -0.2) is 89.2 Å². The number of carbonyl (C=O) groups excluding carboxylic acids is 3. The van der Waals surface area contributed by atoms with E-state index in [0.717, 1.165) is 116 Å². The van der Waals surface area contributed by atoms with Crippen LogP contribution in [0.15, 0.2) is 109 Å². The summed E-state index contributed by atoms with van der Waals surface area (Å²) < 4.78 is 28.4. The van der Waals surface area contributed by atoms with Gasteiger partial charge in [0, 0.05) is 19.3 Å². The molecule has 1 rings (SSSR count). The van der Waals surface area contributed by atoms with Crippen LogP contribution in [0, 0.1) is 0 Å². The molecule has 0 bridgehead atoms. The average molecular weight is 1110 g/mol. The summed E-state index contributed by atoms with van der Waals surface area (Å²) in [6.07, 6.45) is 60.7. The number of carbonyl (C=O) groups is 4. The van der Waals surface area contributed by atoms with Crippen molar-refractivity contribution < 1.29 is 58.2 Å². The Morgan fingerprint density at radius 2 is 0.823 bits per heavy atom. The van der Waals surface area contributed by atoms with Crippen molar-refractivity contribution in [2.45, 2.75) is 276 Å². The first kappa shape index (κ1) is 72.4. The van der Waals surface area contributed by atoms with Gasteiger partial charge in [0.1, 0.15) is 18.8 Å². The highest BCUT2D eigenvalue weighted by molar-refractivity contribution is 5.74. The first-order valence-corrected chi connectivity index (χ1v) is 30.9. The number of aliphatic hydroxyl groups is 2. The van der Waals surface area contributed by atoms with Crippen molar-refractivity contribution >= 4 is 23.9 Å². The zero-order valence-corrected chi connectivity index (χ0v) is 49.3. The number of esters is 3. The van der Waals surface area contributed by atoms with Gasteiger partial charge in [-0.3, -0.25) is 14.4 Å². The van der Waals surface area contributed by atoms with Gasteiger partial charge in [-0.1, -0.05) is 220 Å². The summed E-state index contributed by atoms with van der Waals surface area (Å²) in [4.78, 5) is 51.2. The summed E-state index contributed by atoms with van der Waals surface area (Å²) in [7, 11) is 0. The Hall–Kier alpha value is -4.62. The molecule has 3 N–H and O–H groups in total. The topological polar surface area (TPSA) is 175 Å². The van der Waals surface area contributed by atoms with Crippen molar-refractivity contribution in [1.29, 1.82) is 0 Å². The molecule has 6 atom stereocenters. The highest BCUT2D eigenvalue weighted by Gasteiger charge is 2.50. The molecule has 12 heteroatoms. The summed E-state index contributed by atoms with van der Waals surface area (Å²) in [5.41, 5.74) is 0. The Bertz CT molecular complexity index is 1790. The van der Waals surface area contributed by atoms with E-state index in [1.165, 1.54) is 57.8 Å². The fourth-order valence-electron chi connectivity index (χ4n) is 8.66. The van der Waals surface area contributed by atoms with Crippen LogP contribution in [-0.2, 0) is 42.9 Å². The molecule has 1 aliphatic heterocycles. The second kappa shape index (κ2) is 54.0. The van der Waals surface area contributed by atoms with Crippen LogP contribution in [0.4, 0.5) is 0 Å². The van der Waals surface area contributed by atoms with Gasteiger partial charge < -0.3 is 39.0 Å². The lowest BCUT2D eigenvalue weighted by Crippen LogP contribution is -2.61. The number of ether oxygens (including phenoxy) is 5. The molecule has 0 aromatic heterocycles. The van der Waals surface area contributed by atoms with Gasteiger partial charge in [0.05, 0.1) is 6.61 Å². The number of carboxylic acids is 1. The van der Waals surface area contributed by atoms with E-state index in [1.807, 2.05) is 18.2 Å². The lowest BCUT2D eigenvalue weighted by molar-refractivity contribution is -0.301. The maximum absolute atomic E-state index is 13.2. The van der Waals surface area contributed by atoms with E-state index in [-0.39, 0.29) is 25.9 Å². The normalized spacial score (nSPS) is 18.6. The monoisotopic (exact) mass is 1100 g/mol. The van der Waals surface area contributed by atoms with E-state index in [9.17, 15) is 34.5 Å². The number of carboxylic acid groups (broad SMARTS) is 1. The number of hydrogen-bond donors (Lipinski definition) is 3. The molecule has 448 valence electrons. The molecule has 0 aromatic rings. The third-order valence-corrected chi connectivity index (χ3v) is 13.3. The van der Waals surface area contributed by atoms with E-state index < -0.39 is 67.3 Å². The van der Waals surface area contributed by atoms with Crippen LogP contribution in [0.5, 0.6) is 0 Å². The fraction of sp³-hybridized carbons (Fsp3) is 0.672.